The lowest BCUT2D eigenvalue weighted by Gasteiger charge is -2.31. The molecule has 1 heterocycles. The first kappa shape index (κ1) is 14.9. The van der Waals surface area contributed by atoms with Crippen molar-refractivity contribution in [2.75, 3.05) is 11.9 Å². The van der Waals surface area contributed by atoms with E-state index in [1.807, 2.05) is 12.1 Å². The molecule has 1 aromatic heterocycles. The van der Waals surface area contributed by atoms with Crippen LogP contribution < -0.4 is 11.1 Å². The standard InChI is InChI=1S/C18H21ClN4/c19-14-3-1-13(2-4-14)18(5-6-18)10-21-17-9-16(22-11-23-17)12-7-15(20)8-12/h1-4,9,11-12,15H,5-8,10,20H2,(H,21,22,23). The van der Waals surface area contributed by atoms with Crippen molar-refractivity contribution in [1.82, 2.24) is 9.97 Å². The first-order valence-electron chi connectivity index (χ1n) is 8.22. The van der Waals surface area contributed by atoms with E-state index in [9.17, 15) is 0 Å². The molecular formula is C18H21ClN4. The van der Waals surface area contributed by atoms with E-state index in [4.69, 9.17) is 17.3 Å². The average Bonchev–Trinajstić information content (AvgIpc) is 3.32. The highest BCUT2D eigenvalue weighted by Crippen LogP contribution is 2.48. The van der Waals surface area contributed by atoms with Gasteiger partial charge in [0.05, 0.1) is 0 Å². The van der Waals surface area contributed by atoms with E-state index in [-0.39, 0.29) is 5.41 Å². The van der Waals surface area contributed by atoms with E-state index < -0.39 is 0 Å². The van der Waals surface area contributed by atoms with Crippen molar-refractivity contribution in [1.29, 1.82) is 0 Å². The second-order valence-corrected chi connectivity index (χ2v) is 7.33. The minimum Gasteiger partial charge on any atom is -0.369 e. The monoisotopic (exact) mass is 328 g/mol. The molecule has 4 nitrogen and oxygen atoms in total. The summed E-state index contributed by atoms with van der Waals surface area (Å²) >= 11 is 5.99. The molecule has 0 amide bonds. The van der Waals surface area contributed by atoms with Gasteiger partial charge in [0.1, 0.15) is 12.1 Å². The highest BCUT2D eigenvalue weighted by Gasteiger charge is 2.44. The maximum Gasteiger partial charge on any atom is 0.129 e. The van der Waals surface area contributed by atoms with Crippen LogP contribution in [-0.2, 0) is 5.41 Å². The molecule has 3 N–H and O–H groups in total. The van der Waals surface area contributed by atoms with Crippen LogP contribution in [0.15, 0.2) is 36.7 Å². The van der Waals surface area contributed by atoms with Gasteiger partial charge in [-0.25, -0.2) is 9.97 Å². The zero-order valence-electron chi connectivity index (χ0n) is 13.0. The van der Waals surface area contributed by atoms with Gasteiger partial charge in [-0.1, -0.05) is 23.7 Å². The third-order valence-corrected chi connectivity index (χ3v) is 5.45. The fourth-order valence-corrected chi connectivity index (χ4v) is 3.50. The third-order valence-electron chi connectivity index (χ3n) is 5.20. The second kappa shape index (κ2) is 5.77. The molecule has 0 saturated heterocycles. The number of nitrogens with two attached hydrogens (primary N) is 1. The summed E-state index contributed by atoms with van der Waals surface area (Å²) in [6.45, 7) is 0.898. The molecule has 2 aromatic rings. The van der Waals surface area contributed by atoms with E-state index in [2.05, 4.69) is 33.5 Å². The lowest BCUT2D eigenvalue weighted by molar-refractivity contribution is 0.345. The molecule has 0 spiro atoms. The van der Waals surface area contributed by atoms with Crippen LogP contribution in [0, 0.1) is 0 Å². The van der Waals surface area contributed by atoms with E-state index in [0.717, 1.165) is 35.9 Å². The van der Waals surface area contributed by atoms with Crippen LogP contribution in [0.5, 0.6) is 0 Å². The van der Waals surface area contributed by atoms with Gasteiger partial charge in [-0.15, -0.1) is 0 Å². The van der Waals surface area contributed by atoms with Gasteiger partial charge in [-0.05, 0) is 43.4 Å². The molecule has 120 valence electrons. The van der Waals surface area contributed by atoms with E-state index >= 15 is 0 Å². The Morgan fingerprint density at radius 1 is 1.17 bits per heavy atom. The van der Waals surface area contributed by atoms with Gasteiger partial charge >= 0.3 is 0 Å². The van der Waals surface area contributed by atoms with Crippen molar-refractivity contribution in [3.05, 3.63) is 52.9 Å². The summed E-state index contributed by atoms with van der Waals surface area (Å²) in [6, 6.07) is 10.6. The molecule has 2 saturated carbocycles. The number of aromatic nitrogens is 2. The van der Waals surface area contributed by atoms with Crippen molar-refractivity contribution >= 4 is 17.4 Å². The highest BCUT2D eigenvalue weighted by molar-refractivity contribution is 6.30. The first-order chi connectivity index (χ1) is 11.1. The van der Waals surface area contributed by atoms with Crippen molar-refractivity contribution in [2.24, 2.45) is 5.73 Å². The lowest BCUT2D eigenvalue weighted by Crippen LogP contribution is -2.35. The van der Waals surface area contributed by atoms with Crippen molar-refractivity contribution in [3.63, 3.8) is 0 Å². The number of anilines is 1. The highest BCUT2D eigenvalue weighted by atomic mass is 35.5. The van der Waals surface area contributed by atoms with Gasteiger partial charge in [-0.3, -0.25) is 0 Å². The molecule has 23 heavy (non-hydrogen) atoms. The third kappa shape index (κ3) is 3.06. The number of hydrogen-bond donors (Lipinski definition) is 2. The molecule has 2 aliphatic carbocycles. The molecule has 4 rings (SSSR count). The van der Waals surface area contributed by atoms with Gasteiger partial charge in [0.2, 0.25) is 0 Å². The first-order valence-corrected chi connectivity index (χ1v) is 8.60. The number of benzene rings is 1. The number of rotatable bonds is 5. The van der Waals surface area contributed by atoms with Crippen molar-refractivity contribution in [2.45, 2.75) is 43.1 Å². The zero-order valence-corrected chi connectivity index (χ0v) is 13.8. The summed E-state index contributed by atoms with van der Waals surface area (Å²) in [7, 11) is 0. The largest absolute Gasteiger partial charge is 0.369 e. The maximum atomic E-state index is 5.99. The minimum absolute atomic E-state index is 0.231. The molecular weight excluding hydrogens is 308 g/mol. The van der Waals surface area contributed by atoms with Gasteiger partial charge in [0.15, 0.2) is 0 Å². The fourth-order valence-electron chi connectivity index (χ4n) is 3.38. The molecule has 0 atom stereocenters. The Labute approximate surface area is 141 Å². The van der Waals surface area contributed by atoms with Crippen molar-refractivity contribution < 1.29 is 0 Å². The van der Waals surface area contributed by atoms with Crippen LogP contribution in [0.1, 0.15) is 42.9 Å². The lowest BCUT2D eigenvalue weighted by atomic mass is 9.78. The second-order valence-electron chi connectivity index (χ2n) is 6.90. The Bertz CT molecular complexity index is 690. The molecule has 1 aromatic carbocycles. The summed E-state index contributed by atoms with van der Waals surface area (Å²) in [6.07, 6.45) is 6.13. The number of nitrogens with one attached hydrogen (secondary N) is 1. The fraction of sp³-hybridized carbons (Fsp3) is 0.444. The van der Waals surface area contributed by atoms with Crippen molar-refractivity contribution in [3.8, 4) is 0 Å². The molecule has 0 aliphatic heterocycles. The topological polar surface area (TPSA) is 63.8 Å². The number of halogens is 1. The molecule has 0 bridgehead atoms. The molecule has 2 aliphatic rings. The summed E-state index contributed by atoms with van der Waals surface area (Å²) in [5.74, 6) is 1.41. The Hall–Kier alpha value is -1.65. The Morgan fingerprint density at radius 3 is 2.57 bits per heavy atom. The van der Waals surface area contributed by atoms with Gasteiger partial charge in [0.25, 0.3) is 0 Å². The minimum atomic E-state index is 0.231. The molecule has 0 unspecified atom stereocenters. The van der Waals surface area contributed by atoms with Crippen LogP contribution in [0.4, 0.5) is 5.82 Å². The number of nitrogens with zero attached hydrogens (tertiary/aromatic N) is 2. The predicted octanol–water partition coefficient (Wildman–Crippen LogP) is 3.48. The Morgan fingerprint density at radius 2 is 1.91 bits per heavy atom. The zero-order chi connectivity index (χ0) is 15.9. The Balaban J connectivity index is 1.43. The molecule has 5 heteroatoms. The summed E-state index contributed by atoms with van der Waals surface area (Å²) in [4.78, 5) is 8.77. The van der Waals surface area contributed by atoms with E-state index in [1.165, 1.54) is 18.4 Å². The molecule has 0 radical (unpaired) electrons. The predicted molar refractivity (Wildman–Crippen MR) is 92.8 cm³/mol. The van der Waals surface area contributed by atoms with Gasteiger partial charge in [0, 0.05) is 40.7 Å². The van der Waals surface area contributed by atoms with Crippen LogP contribution in [0.3, 0.4) is 0 Å². The SMILES string of the molecule is NC1CC(c2cc(NCC3(c4ccc(Cl)cc4)CC3)ncn2)C1. The van der Waals surface area contributed by atoms with Gasteiger partial charge < -0.3 is 11.1 Å². The summed E-state index contributed by atoms with van der Waals surface area (Å²) < 4.78 is 0. The van der Waals surface area contributed by atoms with E-state index in [1.54, 1.807) is 6.33 Å². The molecule has 2 fully saturated rings. The van der Waals surface area contributed by atoms with Crippen LogP contribution in [0.25, 0.3) is 0 Å². The van der Waals surface area contributed by atoms with Crippen LogP contribution in [0.2, 0.25) is 5.02 Å². The maximum absolute atomic E-state index is 5.99. The normalized spacial score (nSPS) is 24.8. The van der Waals surface area contributed by atoms with Gasteiger partial charge in [-0.2, -0.15) is 0 Å². The summed E-state index contributed by atoms with van der Waals surface area (Å²) in [5.41, 5.74) is 8.57. The van der Waals surface area contributed by atoms with Crippen LogP contribution in [-0.4, -0.2) is 22.6 Å². The quantitative estimate of drug-likeness (QED) is 0.882. The van der Waals surface area contributed by atoms with Crippen LogP contribution >= 0.6 is 11.6 Å². The Kier molecular flexibility index (Phi) is 3.74. The number of hydrogen-bond acceptors (Lipinski definition) is 4. The summed E-state index contributed by atoms with van der Waals surface area (Å²) in [5, 5.41) is 4.29. The average molecular weight is 329 g/mol. The van der Waals surface area contributed by atoms with E-state index in [0.29, 0.717) is 12.0 Å². The smallest absolute Gasteiger partial charge is 0.129 e.